The van der Waals surface area contributed by atoms with E-state index >= 15 is 0 Å². The van der Waals surface area contributed by atoms with Crippen molar-refractivity contribution in [1.82, 2.24) is 4.90 Å². The van der Waals surface area contributed by atoms with Crippen molar-refractivity contribution in [2.24, 2.45) is 5.92 Å². The van der Waals surface area contributed by atoms with Crippen LogP contribution in [0.5, 0.6) is 0 Å². The zero-order valence-electron chi connectivity index (χ0n) is 14.2. The fraction of sp³-hybridized carbons (Fsp3) is 0.350. The smallest absolute Gasteiger partial charge is 0.416 e. The van der Waals surface area contributed by atoms with Crippen molar-refractivity contribution in [2.75, 3.05) is 19.6 Å². The predicted molar refractivity (Wildman–Crippen MR) is 92.7 cm³/mol. The fourth-order valence-electron chi connectivity index (χ4n) is 3.20. The van der Waals surface area contributed by atoms with Crippen molar-refractivity contribution >= 4 is 11.9 Å². The number of alkyl halides is 3. The van der Waals surface area contributed by atoms with Gasteiger partial charge in [-0.2, -0.15) is 13.2 Å². The first-order valence-electron chi connectivity index (χ1n) is 8.57. The Kier molecular flexibility index (Phi) is 5.61. The van der Waals surface area contributed by atoms with Crippen molar-refractivity contribution in [3.05, 3.63) is 65.6 Å². The van der Waals surface area contributed by atoms with Gasteiger partial charge in [0.2, 0.25) is 0 Å². The lowest BCUT2D eigenvalue weighted by atomic mass is 9.89. The summed E-state index contributed by atoms with van der Waals surface area (Å²) in [5, 5.41) is 0. The van der Waals surface area contributed by atoms with Crippen molar-refractivity contribution in [3.63, 3.8) is 0 Å². The second-order valence-electron chi connectivity index (χ2n) is 6.46. The highest BCUT2D eigenvalue weighted by Gasteiger charge is 2.31. The van der Waals surface area contributed by atoms with Gasteiger partial charge in [0.15, 0.2) is 5.78 Å². The molecule has 1 fully saturated rings. The Morgan fingerprint density at radius 2 is 2.00 bits per heavy atom. The number of piperidine rings is 1. The number of likely N-dealkylation sites (tertiary alicyclic amines) is 1. The number of furan rings is 1. The van der Waals surface area contributed by atoms with Crippen LogP contribution >= 0.6 is 0 Å². The Labute approximate surface area is 150 Å². The van der Waals surface area contributed by atoms with Gasteiger partial charge in [0.1, 0.15) is 5.76 Å². The Morgan fingerprint density at radius 3 is 2.65 bits per heavy atom. The molecule has 1 aliphatic heterocycles. The molecule has 3 nitrogen and oxygen atoms in total. The van der Waals surface area contributed by atoms with E-state index in [-0.39, 0.29) is 11.7 Å². The van der Waals surface area contributed by atoms with Crippen LogP contribution in [0.15, 0.2) is 53.2 Å². The van der Waals surface area contributed by atoms with E-state index in [0.717, 1.165) is 37.3 Å². The van der Waals surface area contributed by atoms with Crippen LogP contribution in [-0.2, 0) is 6.18 Å². The second kappa shape index (κ2) is 7.91. The van der Waals surface area contributed by atoms with Crippen molar-refractivity contribution in [2.45, 2.75) is 19.0 Å². The van der Waals surface area contributed by atoms with E-state index < -0.39 is 11.7 Å². The molecule has 6 heteroatoms. The lowest BCUT2D eigenvalue weighted by Crippen LogP contribution is -2.38. The van der Waals surface area contributed by atoms with E-state index in [4.69, 9.17) is 4.42 Å². The number of hydrogen-bond acceptors (Lipinski definition) is 3. The monoisotopic (exact) mass is 363 g/mol. The number of carbonyl (C=O) groups excluding carboxylic acids is 1. The average molecular weight is 363 g/mol. The molecule has 0 radical (unpaired) electrons. The van der Waals surface area contributed by atoms with Gasteiger partial charge in [0.05, 0.1) is 11.8 Å². The van der Waals surface area contributed by atoms with Gasteiger partial charge >= 0.3 is 6.18 Å². The van der Waals surface area contributed by atoms with Crippen LogP contribution in [0.3, 0.4) is 0 Å². The second-order valence-corrected chi connectivity index (χ2v) is 6.46. The molecule has 2 aromatic rings. The van der Waals surface area contributed by atoms with Crippen LogP contribution in [0.4, 0.5) is 13.2 Å². The predicted octanol–water partition coefficient (Wildman–Crippen LogP) is 4.91. The lowest BCUT2D eigenvalue weighted by Gasteiger charge is -2.31. The van der Waals surface area contributed by atoms with E-state index in [1.807, 2.05) is 24.3 Å². The highest BCUT2D eigenvalue weighted by Crippen LogP contribution is 2.30. The summed E-state index contributed by atoms with van der Waals surface area (Å²) in [5.41, 5.74) is -0.390. The highest BCUT2D eigenvalue weighted by atomic mass is 19.4. The molecule has 1 saturated heterocycles. The molecule has 138 valence electrons. The highest BCUT2D eigenvalue weighted by molar-refractivity contribution is 5.98. The summed E-state index contributed by atoms with van der Waals surface area (Å²) in [6.07, 6.45) is 2.76. The molecule has 3 rings (SSSR count). The minimum atomic E-state index is -4.39. The van der Waals surface area contributed by atoms with E-state index in [9.17, 15) is 18.0 Å². The number of ketones is 1. The van der Waals surface area contributed by atoms with Crippen LogP contribution in [0.25, 0.3) is 6.08 Å². The van der Waals surface area contributed by atoms with Gasteiger partial charge in [-0.1, -0.05) is 18.2 Å². The van der Waals surface area contributed by atoms with E-state index in [1.54, 1.807) is 6.26 Å². The van der Waals surface area contributed by atoms with Gasteiger partial charge in [-0.3, -0.25) is 9.69 Å². The summed E-state index contributed by atoms with van der Waals surface area (Å²) < 4.78 is 43.2. The van der Waals surface area contributed by atoms with Gasteiger partial charge in [-0.05, 0) is 49.7 Å². The number of carbonyl (C=O) groups is 1. The Hall–Kier alpha value is -2.34. The number of rotatable bonds is 5. The standard InChI is InChI=1S/C20H20F3NO2/c21-20(22,23)17-9-7-15(8-10-17)19(25)16-4-1-11-24(14-16)12-2-5-18-6-3-13-26-18/h2-3,5-10,13,16H,1,4,11-12,14H2/b5-2+/t16-/m1/s1. The minimum absolute atomic E-state index is 0.0848. The number of benzene rings is 1. The van der Waals surface area contributed by atoms with Crippen LogP contribution in [0, 0.1) is 5.92 Å². The van der Waals surface area contributed by atoms with E-state index in [1.165, 1.54) is 12.1 Å². The Bertz CT molecular complexity index is 748. The molecule has 1 atom stereocenters. The minimum Gasteiger partial charge on any atom is -0.465 e. The maximum Gasteiger partial charge on any atom is 0.416 e. The molecular weight excluding hydrogens is 343 g/mol. The third kappa shape index (κ3) is 4.64. The van der Waals surface area contributed by atoms with Gasteiger partial charge in [-0.15, -0.1) is 0 Å². The Balaban J connectivity index is 1.59. The number of halogens is 3. The SMILES string of the molecule is O=C(c1ccc(C(F)(F)F)cc1)[C@@H]1CCCN(C/C=C/c2ccco2)C1. The van der Waals surface area contributed by atoms with Gasteiger partial charge in [0.25, 0.3) is 0 Å². The first-order chi connectivity index (χ1) is 12.4. The molecule has 2 heterocycles. The number of hydrogen-bond donors (Lipinski definition) is 0. The zero-order chi connectivity index (χ0) is 18.6. The number of Topliss-reactive ketones (excluding diaryl/α,β-unsaturated/α-hetero) is 1. The van der Waals surface area contributed by atoms with Crippen LogP contribution in [0.1, 0.15) is 34.5 Å². The molecule has 0 spiro atoms. The van der Waals surface area contributed by atoms with E-state index in [0.29, 0.717) is 18.7 Å². The van der Waals surface area contributed by atoms with Crippen molar-refractivity contribution in [3.8, 4) is 0 Å². The van der Waals surface area contributed by atoms with Crippen molar-refractivity contribution in [1.29, 1.82) is 0 Å². The maximum atomic E-state index is 12.6. The molecule has 26 heavy (non-hydrogen) atoms. The maximum absolute atomic E-state index is 12.6. The normalized spacial score (nSPS) is 19.1. The molecule has 1 aliphatic rings. The summed E-state index contributed by atoms with van der Waals surface area (Å²) in [7, 11) is 0. The first-order valence-corrected chi connectivity index (χ1v) is 8.57. The van der Waals surface area contributed by atoms with Crippen molar-refractivity contribution < 1.29 is 22.4 Å². The molecule has 0 saturated carbocycles. The fourth-order valence-corrected chi connectivity index (χ4v) is 3.20. The molecular formula is C20H20F3NO2. The van der Waals surface area contributed by atoms with Gasteiger partial charge < -0.3 is 4.42 Å². The van der Waals surface area contributed by atoms with Crippen LogP contribution in [0.2, 0.25) is 0 Å². The first kappa shape index (κ1) is 18.5. The molecule has 0 amide bonds. The van der Waals surface area contributed by atoms with E-state index in [2.05, 4.69) is 4.90 Å². The quantitative estimate of drug-likeness (QED) is 0.708. The lowest BCUT2D eigenvalue weighted by molar-refractivity contribution is -0.137. The summed E-state index contributed by atoms with van der Waals surface area (Å²) in [6.45, 7) is 2.22. The zero-order valence-corrected chi connectivity index (χ0v) is 14.2. The summed E-state index contributed by atoms with van der Waals surface area (Å²) in [4.78, 5) is 14.8. The van der Waals surface area contributed by atoms with Gasteiger partial charge in [0, 0.05) is 24.6 Å². The summed E-state index contributed by atoms with van der Waals surface area (Å²) in [6, 6.07) is 8.19. The summed E-state index contributed by atoms with van der Waals surface area (Å²) in [5.74, 6) is 0.510. The number of nitrogens with zero attached hydrogens (tertiary/aromatic N) is 1. The Morgan fingerprint density at radius 1 is 1.23 bits per heavy atom. The topological polar surface area (TPSA) is 33.5 Å². The molecule has 0 N–H and O–H groups in total. The largest absolute Gasteiger partial charge is 0.465 e. The molecule has 0 aliphatic carbocycles. The average Bonchev–Trinajstić information content (AvgIpc) is 3.14. The third-order valence-corrected chi connectivity index (χ3v) is 4.56. The summed E-state index contributed by atoms with van der Waals surface area (Å²) >= 11 is 0. The molecule has 1 aromatic carbocycles. The molecule has 0 unspecified atom stereocenters. The van der Waals surface area contributed by atoms with Crippen LogP contribution < -0.4 is 0 Å². The third-order valence-electron chi connectivity index (χ3n) is 4.56. The van der Waals surface area contributed by atoms with Crippen LogP contribution in [-0.4, -0.2) is 30.3 Å². The molecule has 1 aromatic heterocycles. The van der Waals surface area contributed by atoms with Gasteiger partial charge in [-0.25, -0.2) is 0 Å². The molecule has 0 bridgehead atoms.